The van der Waals surface area contributed by atoms with Crippen molar-refractivity contribution in [2.24, 2.45) is 0 Å². The van der Waals surface area contributed by atoms with E-state index in [-0.39, 0.29) is 18.9 Å². The summed E-state index contributed by atoms with van der Waals surface area (Å²) in [6.45, 7) is 0.938. The predicted octanol–water partition coefficient (Wildman–Crippen LogP) is 2.40. The number of rotatable bonds is 8. The molecule has 7 heteroatoms. The molecule has 2 aromatic carbocycles. The normalized spacial score (nSPS) is 13.6. The van der Waals surface area contributed by atoms with Crippen LogP contribution in [0.4, 0.5) is 5.69 Å². The van der Waals surface area contributed by atoms with Crippen LogP contribution in [0, 0.1) is 0 Å². The molecule has 1 atom stereocenters. The van der Waals surface area contributed by atoms with Crippen molar-refractivity contribution in [1.29, 1.82) is 0 Å². The van der Waals surface area contributed by atoms with E-state index in [0.717, 1.165) is 18.7 Å². The molecule has 148 valence electrons. The molecular formula is C21H24N2O5. The van der Waals surface area contributed by atoms with Gasteiger partial charge >= 0.3 is 5.97 Å². The molecule has 2 N–H and O–H groups in total. The van der Waals surface area contributed by atoms with Crippen LogP contribution in [0.15, 0.2) is 42.5 Å². The Morgan fingerprint density at radius 2 is 1.96 bits per heavy atom. The Bertz CT molecular complexity index is 868. The van der Waals surface area contributed by atoms with Gasteiger partial charge in [-0.2, -0.15) is 0 Å². The van der Waals surface area contributed by atoms with Crippen LogP contribution in [0.25, 0.3) is 0 Å². The van der Waals surface area contributed by atoms with Crippen LogP contribution in [-0.2, 0) is 16.0 Å². The highest BCUT2D eigenvalue weighted by molar-refractivity contribution is 5.83. The monoisotopic (exact) mass is 384 g/mol. The number of carbonyl (C=O) groups excluding carboxylic acids is 1. The second-order valence-corrected chi connectivity index (χ2v) is 6.63. The summed E-state index contributed by atoms with van der Waals surface area (Å²) in [5, 5.41) is 12.2. The van der Waals surface area contributed by atoms with Gasteiger partial charge in [0.2, 0.25) is 5.91 Å². The number of nitrogens with one attached hydrogen (secondary N) is 1. The molecule has 0 aliphatic carbocycles. The van der Waals surface area contributed by atoms with Crippen LogP contribution in [0.2, 0.25) is 0 Å². The molecule has 1 aliphatic rings. The van der Waals surface area contributed by atoms with E-state index >= 15 is 0 Å². The first-order valence-electron chi connectivity index (χ1n) is 9.07. The molecule has 0 saturated heterocycles. The Labute approximate surface area is 163 Å². The second-order valence-electron chi connectivity index (χ2n) is 6.63. The summed E-state index contributed by atoms with van der Waals surface area (Å²) in [6, 6.07) is 12.4. The highest BCUT2D eigenvalue weighted by atomic mass is 16.5. The van der Waals surface area contributed by atoms with Crippen molar-refractivity contribution in [3.8, 4) is 11.5 Å². The number of methoxy groups -OCH3 is 2. The molecule has 7 nitrogen and oxygen atoms in total. The molecule has 3 rings (SSSR count). The first-order chi connectivity index (χ1) is 13.5. The number of benzene rings is 2. The maximum absolute atomic E-state index is 12.7. The fraction of sp³-hybridized carbons (Fsp3) is 0.333. The van der Waals surface area contributed by atoms with Gasteiger partial charge in [0.1, 0.15) is 11.5 Å². The number of carboxylic acids is 1. The highest BCUT2D eigenvalue weighted by Crippen LogP contribution is 2.31. The third-order valence-corrected chi connectivity index (χ3v) is 4.85. The molecule has 28 heavy (non-hydrogen) atoms. The summed E-state index contributed by atoms with van der Waals surface area (Å²) in [5.74, 6) is -0.178. The topological polar surface area (TPSA) is 88.1 Å². The minimum absolute atomic E-state index is 0.172. The number of amides is 1. The Hall–Kier alpha value is -3.22. The molecule has 0 fully saturated rings. The number of hydrogen-bond donors (Lipinski definition) is 2. The van der Waals surface area contributed by atoms with E-state index in [1.54, 1.807) is 25.3 Å². The summed E-state index contributed by atoms with van der Waals surface area (Å²) >= 11 is 0. The van der Waals surface area contributed by atoms with Crippen molar-refractivity contribution in [2.75, 3.05) is 32.2 Å². The Balaban J connectivity index is 1.76. The minimum atomic E-state index is -1.00. The number of anilines is 1. The average Bonchev–Trinajstić information content (AvgIpc) is 3.09. The van der Waals surface area contributed by atoms with E-state index in [2.05, 4.69) is 11.4 Å². The van der Waals surface area contributed by atoms with E-state index in [1.165, 1.54) is 12.7 Å². The predicted molar refractivity (Wildman–Crippen MR) is 105 cm³/mol. The molecule has 0 saturated carbocycles. The first-order valence-corrected chi connectivity index (χ1v) is 9.07. The Morgan fingerprint density at radius 3 is 2.68 bits per heavy atom. The van der Waals surface area contributed by atoms with Crippen LogP contribution < -0.4 is 19.7 Å². The summed E-state index contributed by atoms with van der Waals surface area (Å²) in [6.07, 6.45) is 0.652. The molecule has 0 aromatic heterocycles. The van der Waals surface area contributed by atoms with Crippen molar-refractivity contribution in [2.45, 2.75) is 18.9 Å². The molecule has 0 spiro atoms. The van der Waals surface area contributed by atoms with Crippen LogP contribution in [-0.4, -0.2) is 44.3 Å². The number of aliphatic carboxylic acids is 1. The SMILES string of the molecule is COc1ccc(C(CC(=O)O)NC(=O)CN2CCc3ccccc32)c(OC)c1. The molecule has 1 aliphatic heterocycles. The molecular weight excluding hydrogens is 360 g/mol. The van der Waals surface area contributed by atoms with Gasteiger partial charge in [0, 0.05) is 23.9 Å². The smallest absolute Gasteiger partial charge is 0.305 e. The van der Waals surface area contributed by atoms with Crippen molar-refractivity contribution >= 4 is 17.6 Å². The first kappa shape index (κ1) is 19.5. The molecule has 1 heterocycles. The molecule has 0 radical (unpaired) electrons. The van der Waals surface area contributed by atoms with Gasteiger partial charge in [-0.1, -0.05) is 18.2 Å². The molecule has 0 bridgehead atoms. The lowest BCUT2D eigenvalue weighted by atomic mass is 10.0. The van der Waals surface area contributed by atoms with Crippen LogP contribution in [0.5, 0.6) is 11.5 Å². The average molecular weight is 384 g/mol. The summed E-state index contributed by atoms with van der Waals surface area (Å²) in [7, 11) is 3.04. The van der Waals surface area contributed by atoms with Gasteiger partial charge in [-0.3, -0.25) is 9.59 Å². The molecule has 1 unspecified atom stereocenters. The van der Waals surface area contributed by atoms with Crippen LogP contribution >= 0.6 is 0 Å². The highest BCUT2D eigenvalue weighted by Gasteiger charge is 2.25. The number of fused-ring (bicyclic) bond motifs is 1. The van der Waals surface area contributed by atoms with Gasteiger partial charge in [-0.25, -0.2) is 0 Å². The number of ether oxygens (including phenoxy) is 2. The van der Waals surface area contributed by atoms with Gasteiger partial charge in [0.25, 0.3) is 0 Å². The van der Waals surface area contributed by atoms with Gasteiger partial charge in [-0.05, 0) is 30.2 Å². The van der Waals surface area contributed by atoms with Gasteiger partial charge in [0.15, 0.2) is 0 Å². The molecule has 1 amide bonds. The standard InChI is InChI=1S/C21H24N2O5/c1-27-15-7-8-16(19(11-15)28-2)17(12-21(25)26)22-20(24)13-23-10-9-14-5-3-4-6-18(14)23/h3-8,11,17H,9-10,12-13H2,1-2H3,(H,22,24)(H,25,26). The zero-order valence-corrected chi connectivity index (χ0v) is 16.0. The number of carbonyl (C=O) groups is 2. The molecule has 2 aromatic rings. The number of para-hydroxylation sites is 1. The fourth-order valence-corrected chi connectivity index (χ4v) is 3.50. The summed E-state index contributed by atoms with van der Waals surface area (Å²) < 4.78 is 10.6. The lowest BCUT2D eigenvalue weighted by Crippen LogP contribution is -2.39. The Kier molecular flexibility index (Phi) is 6.03. The Morgan fingerprint density at radius 1 is 1.18 bits per heavy atom. The fourth-order valence-electron chi connectivity index (χ4n) is 3.50. The van der Waals surface area contributed by atoms with Gasteiger partial charge in [-0.15, -0.1) is 0 Å². The van der Waals surface area contributed by atoms with Crippen molar-refractivity contribution in [3.05, 3.63) is 53.6 Å². The van der Waals surface area contributed by atoms with Crippen LogP contribution in [0.1, 0.15) is 23.6 Å². The van der Waals surface area contributed by atoms with Gasteiger partial charge in [0.05, 0.1) is 33.2 Å². The van der Waals surface area contributed by atoms with E-state index in [4.69, 9.17) is 9.47 Å². The van der Waals surface area contributed by atoms with E-state index in [9.17, 15) is 14.7 Å². The minimum Gasteiger partial charge on any atom is -0.497 e. The zero-order valence-electron chi connectivity index (χ0n) is 16.0. The number of carboxylic acid groups (broad SMARTS) is 1. The lowest BCUT2D eigenvalue weighted by Gasteiger charge is -2.23. The summed E-state index contributed by atoms with van der Waals surface area (Å²) in [5.41, 5.74) is 2.87. The van der Waals surface area contributed by atoms with E-state index in [0.29, 0.717) is 17.1 Å². The van der Waals surface area contributed by atoms with Crippen molar-refractivity contribution < 1.29 is 24.2 Å². The van der Waals surface area contributed by atoms with Crippen molar-refractivity contribution in [3.63, 3.8) is 0 Å². The number of nitrogens with zero attached hydrogens (tertiary/aromatic N) is 1. The largest absolute Gasteiger partial charge is 0.497 e. The van der Waals surface area contributed by atoms with E-state index in [1.807, 2.05) is 23.1 Å². The number of hydrogen-bond acceptors (Lipinski definition) is 5. The third-order valence-electron chi connectivity index (χ3n) is 4.85. The second kappa shape index (κ2) is 8.65. The maximum atomic E-state index is 12.7. The quantitative estimate of drug-likeness (QED) is 0.727. The lowest BCUT2D eigenvalue weighted by molar-refractivity contribution is -0.137. The third kappa shape index (κ3) is 4.36. The van der Waals surface area contributed by atoms with Crippen LogP contribution in [0.3, 0.4) is 0 Å². The van der Waals surface area contributed by atoms with Gasteiger partial charge < -0.3 is 24.8 Å². The zero-order chi connectivity index (χ0) is 20.1. The summed E-state index contributed by atoms with van der Waals surface area (Å²) in [4.78, 5) is 26.1. The maximum Gasteiger partial charge on any atom is 0.305 e. The van der Waals surface area contributed by atoms with Crippen molar-refractivity contribution in [1.82, 2.24) is 5.32 Å². The van der Waals surface area contributed by atoms with E-state index < -0.39 is 12.0 Å².